The molecule has 0 fully saturated rings. The third kappa shape index (κ3) is 3.83. The van der Waals surface area contributed by atoms with Crippen LogP contribution in [-0.2, 0) is 13.5 Å². The van der Waals surface area contributed by atoms with Crippen molar-refractivity contribution >= 4 is 39.8 Å². The number of benzene rings is 1. The average Bonchev–Trinajstić information content (AvgIpc) is 3.24. The molecule has 0 spiro atoms. The quantitative estimate of drug-likeness (QED) is 0.492. The Morgan fingerprint density at radius 1 is 1.38 bits per heavy atom. The van der Waals surface area contributed by atoms with Crippen molar-refractivity contribution in [2.45, 2.75) is 23.4 Å². The first kappa shape index (κ1) is 17.9. The number of anilines is 1. The van der Waals surface area contributed by atoms with E-state index in [0.717, 1.165) is 16.8 Å². The molecule has 0 saturated heterocycles. The molecule has 2 aromatic heterocycles. The van der Waals surface area contributed by atoms with Crippen molar-refractivity contribution in [1.29, 1.82) is 0 Å². The number of hydrogen-bond donors (Lipinski definition) is 1. The molecule has 1 amide bonds. The van der Waals surface area contributed by atoms with Gasteiger partial charge in [-0.1, -0.05) is 18.3 Å². The summed E-state index contributed by atoms with van der Waals surface area (Å²) in [4.78, 5) is 23.5. The molecule has 3 rings (SSSR count). The van der Waals surface area contributed by atoms with Gasteiger partial charge in [0.25, 0.3) is 11.6 Å². The lowest BCUT2D eigenvalue weighted by Gasteiger charge is -2.05. The highest BCUT2D eigenvalue weighted by molar-refractivity contribution is 7.99. The number of amides is 1. The number of aromatic nitrogens is 6. The van der Waals surface area contributed by atoms with Crippen molar-refractivity contribution in [1.82, 2.24) is 30.4 Å². The Balaban J connectivity index is 1.84. The third-order valence-corrected chi connectivity index (χ3v) is 5.27. The first-order chi connectivity index (χ1) is 12.5. The Labute approximate surface area is 155 Å². The lowest BCUT2D eigenvalue weighted by Crippen LogP contribution is -2.12. The molecule has 26 heavy (non-hydrogen) atoms. The first-order valence-corrected chi connectivity index (χ1v) is 8.93. The predicted molar refractivity (Wildman–Crippen MR) is 93.3 cm³/mol. The Hall–Kier alpha value is -2.93. The van der Waals surface area contributed by atoms with Crippen LogP contribution < -0.4 is 5.32 Å². The largest absolute Gasteiger partial charge is 0.296 e. The summed E-state index contributed by atoms with van der Waals surface area (Å²) in [6.07, 6.45) is 0.710. The first-order valence-electron chi connectivity index (χ1n) is 7.30. The van der Waals surface area contributed by atoms with Crippen LogP contribution in [0.25, 0.3) is 0 Å². The van der Waals surface area contributed by atoms with Gasteiger partial charge in [-0.3, -0.25) is 20.2 Å². The van der Waals surface area contributed by atoms with Crippen LogP contribution in [0.3, 0.4) is 0 Å². The summed E-state index contributed by atoms with van der Waals surface area (Å²) < 4.78 is 1.40. The summed E-state index contributed by atoms with van der Waals surface area (Å²) in [6.45, 7) is 1.93. The summed E-state index contributed by atoms with van der Waals surface area (Å²) >= 11 is 2.30. The van der Waals surface area contributed by atoms with E-state index in [0.29, 0.717) is 21.6 Å². The average molecular weight is 392 g/mol. The summed E-state index contributed by atoms with van der Waals surface area (Å²) in [7, 11) is 1.63. The van der Waals surface area contributed by atoms with E-state index in [2.05, 4.69) is 31.0 Å². The highest BCUT2D eigenvalue weighted by atomic mass is 32.2. The second kappa shape index (κ2) is 7.53. The number of hydrogen-bond acceptors (Lipinski definition) is 10. The SMILES string of the molecule is CCc1nnc(NC(=O)c2ccc(Sc3nnnn3C)c([N+](=O)[O-])c2)s1. The van der Waals surface area contributed by atoms with Gasteiger partial charge in [0.05, 0.1) is 9.82 Å². The van der Waals surface area contributed by atoms with E-state index in [1.807, 2.05) is 6.92 Å². The number of aryl methyl sites for hydroxylation is 2. The number of carbonyl (C=O) groups is 1. The second-order valence-electron chi connectivity index (χ2n) is 4.94. The Morgan fingerprint density at radius 2 is 2.19 bits per heavy atom. The van der Waals surface area contributed by atoms with E-state index in [4.69, 9.17) is 0 Å². The smallest absolute Gasteiger partial charge is 0.284 e. The van der Waals surface area contributed by atoms with Crippen molar-refractivity contribution in [3.05, 3.63) is 38.9 Å². The van der Waals surface area contributed by atoms with Gasteiger partial charge in [-0.25, -0.2) is 4.68 Å². The van der Waals surface area contributed by atoms with Gasteiger partial charge in [0.15, 0.2) is 0 Å². The standard InChI is InChI=1S/C13H12N8O3S2/c1-3-10-15-16-12(26-10)14-11(22)7-4-5-9(8(6-7)21(23)24)25-13-17-18-19-20(13)2/h4-6H,3H2,1-2H3,(H,14,16,22). The number of nitrogens with zero attached hydrogens (tertiary/aromatic N) is 7. The van der Waals surface area contributed by atoms with Crippen LogP contribution in [0, 0.1) is 10.1 Å². The molecule has 0 radical (unpaired) electrons. The van der Waals surface area contributed by atoms with Gasteiger partial charge in [0.2, 0.25) is 10.3 Å². The molecular weight excluding hydrogens is 380 g/mol. The zero-order valence-electron chi connectivity index (χ0n) is 13.6. The van der Waals surface area contributed by atoms with Gasteiger partial charge < -0.3 is 0 Å². The van der Waals surface area contributed by atoms with Crippen LogP contribution in [0.2, 0.25) is 0 Å². The number of tetrazole rings is 1. The molecule has 3 aromatic rings. The maximum absolute atomic E-state index is 12.3. The molecule has 0 aliphatic heterocycles. The number of nitro benzene ring substituents is 1. The molecule has 13 heteroatoms. The fourth-order valence-electron chi connectivity index (χ4n) is 1.91. The van der Waals surface area contributed by atoms with Gasteiger partial charge in [0, 0.05) is 18.7 Å². The minimum atomic E-state index is -0.553. The summed E-state index contributed by atoms with van der Waals surface area (Å²) in [5.41, 5.74) is -0.0671. The van der Waals surface area contributed by atoms with Crippen molar-refractivity contribution in [2.24, 2.45) is 7.05 Å². The minimum Gasteiger partial charge on any atom is -0.296 e. The van der Waals surface area contributed by atoms with E-state index < -0.39 is 10.8 Å². The number of rotatable bonds is 6. The molecule has 0 saturated carbocycles. The zero-order valence-corrected chi connectivity index (χ0v) is 15.2. The van der Waals surface area contributed by atoms with Gasteiger partial charge in [-0.15, -0.1) is 15.3 Å². The van der Waals surface area contributed by atoms with Gasteiger partial charge in [-0.2, -0.15) is 0 Å². The molecular formula is C13H12N8O3S2. The fourth-order valence-corrected chi connectivity index (χ4v) is 3.40. The van der Waals surface area contributed by atoms with Crippen LogP contribution in [0.15, 0.2) is 28.3 Å². The lowest BCUT2D eigenvalue weighted by atomic mass is 10.2. The molecule has 0 bridgehead atoms. The van der Waals surface area contributed by atoms with E-state index in [1.54, 1.807) is 7.05 Å². The zero-order chi connectivity index (χ0) is 18.7. The summed E-state index contributed by atoms with van der Waals surface area (Å²) in [5, 5.41) is 34.2. The minimum absolute atomic E-state index is 0.144. The Morgan fingerprint density at radius 3 is 2.81 bits per heavy atom. The second-order valence-corrected chi connectivity index (χ2v) is 7.01. The maximum Gasteiger partial charge on any atom is 0.284 e. The van der Waals surface area contributed by atoms with Crippen molar-refractivity contribution < 1.29 is 9.72 Å². The topological polar surface area (TPSA) is 142 Å². The van der Waals surface area contributed by atoms with Gasteiger partial charge in [0.1, 0.15) is 5.01 Å². The van der Waals surface area contributed by atoms with E-state index in [9.17, 15) is 14.9 Å². The molecule has 1 N–H and O–H groups in total. The van der Waals surface area contributed by atoms with Crippen molar-refractivity contribution in [3.63, 3.8) is 0 Å². The predicted octanol–water partition coefficient (Wildman–Crippen LogP) is 1.94. The molecule has 11 nitrogen and oxygen atoms in total. The highest BCUT2D eigenvalue weighted by Crippen LogP contribution is 2.34. The summed E-state index contributed by atoms with van der Waals surface area (Å²) in [5.74, 6) is -0.497. The highest BCUT2D eigenvalue weighted by Gasteiger charge is 2.21. The molecule has 0 aliphatic carbocycles. The van der Waals surface area contributed by atoms with E-state index in [-0.39, 0.29) is 11.3 Å². The van der Waals surface area contributed by atoms with E-state index in [1.165, 1.54) is 34.2 Å². The van der Waals surface area contributed by atoms with E-state index >= 15 is 0 Å². The monoisotopic (exact) mass is 392 g/mol. The van der Waals surface area contributed by atoms with Crippen LogP contribution >= 0.6 is 23.1 Å². The van der Waals surface area contributed by atoms with Crippen LogP contribution in [-0.4, -0.2) is 41.2 Å². The molecule has 0 unspecified atom stereocenters. The van der Waals surface area contributed by atoms with Gasteiger partial charge in [-0.05, 0) is 40.7 Å². The number of nitro groups is 1. The Kier molecular flexibility index (Phi) is 5.18. The van der Waals surface area contributed by atoms with Crippen molar-refractivity contribution in [2.75, 3.05) is 5.32 Å². The van der Waals surface area contributed by atoms with Crippen molar-refractivity contribution in [3.8, 4) is 0 Å². The Bertz CT molecular complexity index is 970. The summed E-state index contributed by atoms with van der Waals surface area (Å²) in [6, 6.07) is 4.20. The molecule has 0 aliphatic rings. The van der Waals surface area contributed by atoms with Gasteiger partial charge >= 0.3 is 0 Å². The number of nitrogens with one attached hydrogen (secondary N) is 1. The fraction of sp³-hybridized carbons (Fsp3) is 0.231. The maximum atomic E-state index is 12.3. The molecule has 134 valence electrons. The molecule has 1 aromatic carbocycles. The van der Waals surface area contributed by atoms with Crippen LogP contribution in [0.4, 0.5) is 10.8 Å². The molecule has 2 heterocycles. The normalized spacial score (nSPS) is 10.7. The lowest BCUT2D eigenvalue weighted by molar-refractivity contribution is -0.387. The third-order valence-electron chi connectivity index (χ3n) is 3.19. The number of carbonyl (C=O) groups excluding carboxylic acids is 1. The molecule has 0 atom stereocenters. The van der Waals surface area contributed by atoms with Crippen LogP contribution in [0.1, 0.15) is 22.3 Å². The van der Waals surface area contributed by atoms with Crippen LogP contribution in [0.5, 0.6) is 0 Å².